The zero-order valence-corrected chi connectivity index (χ0v) is 16.3. The van der Waals surface area contributed by atoms with Gasteiger partial charge in [-0.15, -0.1) is 0 Å². The van der Waals surface area contributed by atoms with Crippen molar-refractivity contribution >= 4 is 23.6 Å². The van der Waals surface area contributed by atoms with E-state index in [4.69, 9.17) is 21.1 Å². The van der Waals surface area contributed by atoms with Crippen molar-refractivity contribution in [3.8, 4) is 17.2 Å². The molecule has 1 amide bonds. The Labute approximate surface area is 168 Å². The van der Waals surface area contributed by atoms with Gasteiger partial charge in [0.1, 0.15) is 0 Å². The Kier molecular flexibility index (Phi) is 6.34. The average Bonchev–Trinajstić information content (AvgIpc) is 3.25. The van der Waals surface area contributed by atoms with E-state index in [2.05, 4.69) is 10.4 Å². The van der Waals surface area contributed by atoms with Crippen LogP contribution < -0.4 is 14.8 Å². The van der Waals surface area contributed by atoms with Gasteiger partial charge < -0.3 is 14.8 Å². The van der Waals surface area contributed by atoms with Crippen LogP contribution in [0.3, 0.4) is 0 Å². The number of carbonyl (C=O) groups is 1. The van der Waals surface area contributed by atoms with Gasteiger partial charge in [-0.25, -0.2) is 4.68 Å². The van der Waals surface area contributed by atoms with Gasteiger partial charge in [-0.3, -0.25) is 4.79 Å². The summed E-state index contributed by atoms with van der Waals surface area (Å²) < 4.78 is 12.2. The van der Waals surface area contributed by atoms with Crippen LogP contribution in [-0.2, 0) is 11.3 Å². The molecule has 0 spiro atoms. The van der Waals surface area contributed by atoms with Crippen molar-refractivity contribution in [2.45, 2.75) is 6.54 Å². The highest BCUT2D eigenvalue weighted by atomic mass is 35.5. The molecule has 1 heterocycles. The molecule has 0 aliphatic heterocycles. The van der Waals surface area contributed by atoms with Crippen LogP contribution in [0.25, 0.3) is 11.8 Å². The third kappa shape index (κ3) is 4.72. The van der Waals surface area contributed by atoms with Crippen molar-refractivity contribution in [1.29, 1.82) is 0 Å². The summed E-state index contributed by atoms with van der Waals surface area (Å²) in [5, 5.41) is 7.45. The minimum absolute atomic E-state index is 0.206. The van der Waals surface area contributed by atoms with Gasteiger partial charge in [0, 0.05) is 25.0 Å². The Hall–Kier alpha value is -3.25. The van der Waals surface area contributed by atoms with Gasteiger partial charge in [0.05, 0.1) is 24.9 Å². The average molecular weight is 398 g/mol. The predicted octanol–water partition coefficient (Wildman–Crippen LogP) is 3.87. The summed E-state index contributed by atoms with van der Waals surface area (Å²) in [5.74, 6) is 0.763. The normalized spacial score (nSPS) is 10.8. The lowest BCUT2D eigenvalue weighted by molar-refractivity contribution is -0.116. The molecule has 3 aromatic rings. The van der Waals surface area contributed by atoms with Gasteiger partial charge in [0.25, 0.3) is 0 Å². The molecule has 0 saturated heterocycles. The van der Waals surface area contributed by atoms with Gasteiger partial charge in [-0.05, 0) is 47.5 Å². The molecular formula is C21H20ClN3O3. The zero-order chi connectivity index (χ0) is 19.9. The molecule has 0 aliphatic carbocycles. The predicted molar refractivity (Wildman–Crippen MR) is 109 cm³/mol. The third-order valence-electron chi connectivity index (χ3n) is 4.06. The van der Waals surface area contributed by atoms with Gasteiger partial charge in [-0.1, -0.05) is 23.7 Å². The van der Waals surface area contributed by atoms with Crippen LogP contribution >= 0.6 is 11.6 Å². The number of nitrogens with zero attached hydrogens (tertiary/aromatic N) is 2. The number of hydrogen-bond acceptors (Lipinski definition) is 4. The molecule has 144 valence electrons. The minimum Gasteiger partial charge on any atom is -0.493 e. The van der Waals surface area contributed by atoms with E-state index in [-0.39, 0.29) is 5.91 Å². The molecule has 2 aromatic carbocycles. The van der Waals surface area contributed by atoms with Crippen LogP contribution in [0.2, 0.25) is 5.02 Å². The number of aromatic nitrogens is 2. The van der Waals surface area contributed by atoms with E-state index in [9.17, 15) is 4.79 Å². The van der Waals surface area contributed by atoms with Gasteiger partial charge in [0.15, 0.2) is 11.5 Å². The third-order valence-corrected chi connectivity index (χ3v) is 4.34. The highest BCUT2D eigenvalue weighted by Crippen LogP contribution is 2.36. The largest absolute Gasteiger partial charge is 0.493 e. The molecule has 0 unspecified atom stereocenters. The molecule has 6 nitrogen and oxygen atoms in total. The van der Waals surface area contributed by atoms with E-state index in [0.717, 1.165) is 16.8 Å². The van der Waals surface area contributed by atoms with Crippen LogP contribution in [0.4, 0.5) is 0 Å². The number of rotatable bonds is 7. The molecule has 0 bridgehead atoms. The lowest BCUT2D eigenvalue weighted by atomic mass is 10.1. The number of hydrogen-bond donors (Lipinski definition) is 1. The highest BCUT2D eigenvalue weighted by Gasteiger charge is 2.09. The Morgan fingerprint density at radius 3 is 2.64 bits per heavy atom. The van der Waals surface area contributed by atoms with Gasteiger partial charge in [0.2, 0.25) is 5.91 Å². The number of amides is 1. The Morgan fingerprint density at radius 1 is 1.21 bits per heavy atom. The van der Waals surface area contributed by atoms with E-state index in [1.165, 1.54) is 20.3 Å². The smallest absolute Gasteiger partial charge is 0.244 e. The van der Waals surface area contributed by atoms with E-state index < -0.39 is 0 Å². The SMILES string of the molecule is COc1cc(/C=C/C(=O)NCc2ccc(-n3cccn3)cc2)cc(Cl)c1OC. The molecule has 1 aromatic heterocycles. The molecule has 0 aliphatic rings. The summed E-state index contributed by atoms with van der Waals surface area (Å²) >= 11 is 6.17. The topological polar surface area (TPSA) is 65.4 Å². The van der Waals surface area contributed by atoms with Crippen molar-refractivity contribution in [1.82, 2.24) is 15.1 Å². The molecular weight excluding hydrogens is 378 g/mol. The number of ether oxygens (including phenoxy) is 2. The molecule has 0 radical (unpaired) electrons. The van der Waals surface area contributed by atoms with E-state index in [1.54, 1.807) is 29.1 Å². The first-order chi connectivity index (χ1) is 13.6. The van der Waals surface area contributed by atoms with Crippen molar-refractivity contribution < 1.29 is 14.3 Å². The van der Waals surface area contributed by atoms with E-state index in [0.29, 0.717) is 23.1 Å². The maximum absolute atomic E-state index is 12.1. The van der Waals surface area contributed by atoms with Crippen LogP contribution in [0, 0.1) is 0 Å². The number of halogens is 1. The fourth-order valence-corrected chi connectivity index (χ4v) is 2.94. The molecule has 28 heavy (non-hydrogen) atoms. The fraction of sp³-hybridized carbons (Fsp3) is 0.143. The van der Waals surface area contributed by atoms with Crippen molar-refractivity contribution in [3.05, 3.63) is 77.1 Å². The molecule has 3 rings (SSSR count). The van der Waals surface area contributed by atoms with Gasteiger partial charge >= 0.3 is 0 Å². The summed E-state index contributed by atoms with van der Waals surface area (Å²) in [7, 11) is 3.06. The lowest BCUT2D eigenvalue weighted by Gasteiger charge is -2.10. The maximum Gasteiger partial charge on any atom is 0.244 e. The molecule has 0 atom stereocenters. The molecule has 0 fully saturated rings. The summed E-state index contributed by atoms with van der Waals surface area (Å²) in [6.07, 6.45) is 6.73. The first-order valence-electron chi connectivity index (χ1n) is 8.57. The van der Waals surface area contributed by atoms with Crippen molar-refractivity contribution in [3.63, 3.8) is 0 Å². The second kappa shape index (κ2) is 9.10. The second-order valence-electron chi connectivity index (χ2n) is 5.91. The van der Waals surface area contributed by atoms with Crippen LogP contribution in [-0.4, -0.2) is 29.9 Å². The van der Waals surface area contributed by atoms with E-state index in [1.807, 2.05) is 36.5 Å². The van der Waals surface area contributed by atoms with E-state index >= 15 is 0 Å². The summed E-state index contributed by atoms with van der Waals surface area (Å²) in [6.45, 7) is 0.426. The quantitative estimate of drug-likeness (QED) is 0.614. The maximum atomic E-state index is 12.1. The number of methoxy groups -OCH3 is 2. The molecule has 0 saturated carbocycles. The van der Waals surface area contributed by atoms with Gasteiger partial charge in [-0.2, -0.15) is 5.10 Å². The minimum atomic E-state index is -0.206. The number of carbonyl (C=O) groups excluding carboxylic acids is 1. The highest BCUT2D eigenvalue weighted by molar-refractivity contribution is 6.32. The number of nitrogens with one attached hydrogen (secondary N) is 1. The lowest BCUT2D eigenvalue weighted by Crippen LogP contribution is -2.20. The molecule has 7 heteroatoms. The van der Waals surface area contributed by atoms with Crippen molar-refractivity contribution in [2.24, 2.45) is 0 Å². The Morgan fingerprint density at radius 2 is 2.00 bits per heavy atom. The summed E-state index contributed by atoms with van der Waals surface area (Å²) in [5.41, 5.74) is 2.69. The fourth-order valence-electron chi connectivity index (χ4n) is 2.64. The number of benzene rings is 2. The first-order valence-corrected chi connectivity index (χ1v) is 8.95. The standard InChI is InChI=1S/C21H20ClN3O3/c1-27-19-13-16(12-18(22)21(19)28-2)6-9-20(26)23-14-15-4-7-17(8-5-15)25-11-3-10-24-25/h3-13H,14H2,1-2H3,(H,23,26)/b9-6+. The monoisotopic (exact) mass is 397 g/mol. The Bertz CT molecular complexity index is 967. The van der Waals surface area contributed by atoms with Crippen molar-refractivity contribution in [2.75, 3.05) is 14.2 Å². The second-order valence-corrected chi connectivity index (χ2v) is 6.31. The first kappa shape index (κ1) is 19.5. The zero-order valence-electron chi connectivity index (χ0n) is 15.6. The molecule has 1 N–H and O–H groups in total. The van der Waals surface area contributed by atoms with Crippen LogP contribution in [0.1, 0.15) is 11.1 Å². The van der Waals surface area contributed by atoms with Crippen LogP contribution in [0.15, 0.2) is 60.9 Å². The van der Waals surface area contributed by atoms with Crippen LogP contribution in [0.5, 0.6) is 11.5 Å². The summed E-state index contributed by atoms with van der Waals surface area (Å²) in [4.78, 5) is 12.1. The summed E-state index contributed by atoms with van der Waals surface area (Å²) in [6, 6.07) is 13.1. The Balaban J connectivity index is 1.59.